The predicted molar refractivity (Wildman–Crippen MR) is 86.0 cm³/mol. The number of imidazole rings is 1. The minimum atomic E-state index is 0.507. The molecule has 1 aromatic carbocycles. The lowest BCUT2D eigenvalue weighted by molar-refractivity contribution is 0.363. The third kappa shape index (κ3) is 3.04. The second-order valence-corrected chi connectivity index (χ2v) is 5.51. The summed E-state index contributed by atoms with van der Waals surface area (Å²) in [5.74, 6) is 1.88. The smallest absolute Gasteiger partial charge is 0.111 e. The molecule has 3 heteroatoms. The van der Waals surface area contributed by atoms with E-state index in [9.17, 15) is 0 Å². The zero-order valence-corrected chi connectivity index (χ0v) is 13.2. The molecule has 20 heavy (non-hydrogen) atoms. The number of nitrogens with zero attached hydrogens (tertiary/aromatic N) is 2. The number of nitrogens with one attached hydrogen (secondary N) is 1. The van der Waals surface area contributed by atoms with E-state index >= 15 is 0 Å². The molecule has 1 heterocycles. The van der Waals surface area contributed by atoms with Crippen LogP contribution in [0, 0.1) is 5.92 Å². The first kappa shape index (κ1) is 15.0. The number of aromatic nitrogens is 2. The topological polar surface area (TPSA) is 29.9 Å². The maximum atomic E-state index is 4.85. The molecule has 0 aliphatic rings. The Morgan fingerprint density at radius 3 is 2.60 bits per heavy atom. The van der Waals surface area contributed by atoms with Gasteiger partial charge in [0.05, 0.1) is 11.0 Å². The van der Waals surface area contributed by atoms with Crippen molar-refractivity contribution in [3.63, 3.8) is 0 Å². The molecule has 0 spiro atoms. The van der Waals surface area contributed by atoms with Gasteiger partial charge in [-0.25, -0.2) is 4.98 Å². The summed E-state index contributed by atoms with van der Waals surface area (Å²) in [5, 5.41) is 3.62. The number of benzene rings is 1. The Labute approximate surface area is 122 Å². The summed E-state index contributed by atoms with van der Waals surface area (Å²) in [4.78, 5) is 4.85. The Hall–Kier alpha value is -1.35. The average molecular weight is 273 g/mol. The highest BCUT2D eigenvalue weighted by molar-refractivity contribution is 5.75. The third-order valence-corrected chi connectivity index (χ3v) is 4.25. The molecule has 2 atom stereocenters. The lowest BCUT2D eigenvalue weighted by atomic mass is 9.96. The number of rotatable bonds is 7. The van der Waals surface area contributed by atoms with E-state index in [1.165, 1.54) is 17.8 Å². The second kappa shape index (κ2) is 6.89. The SMILES string of the molecule is CCNC(Cc1nc2ccccc2n1CC)C(C)CC. The highest BCUT2D eigenvalue weighted by Crippen LogP contribution is 2.19. The molecule has 0 bridgehead atoms. The Balaban J connectivity index is 2.31. The summed E-state index contributed by atoms with van der Waals surface area (Å²) < 4.78 is 2.35. The first-order valence-corrected chi connectivity index (χ1v) is 7.88. The molecule has 110 valence electrons. The van der Waals surface area contributed by atoms with E-state index < -0.39 is 0 Å². The lowest BCUT2D eigenvalue weighted by Crippen LogP contribution is -2.37. The van der Waals surface area contributed by atoms with Crippen molar-refractivity contribution in [1.29, 1.82) is 0 Å². The monoisotopic (exact) mass is 273 g/mol. The molecule has 0 fully saturated rings. The Morgan fingerprint density at radius 2 is 1.95 bits per heavy atom. The molecule has 1 N–H and O–H groups in total. The van der Waals surface area contributed by atoms with E-state index in [1.807, 2.05) is 0 Å². The number of aryl methyl sites for hydroxylation is 1. The van der Waals surface area contributed by atoms with Crippen LogP contribution in [0.25, 0.3) is 11.0 Å². The van der Waals surface area contributed by atoms with Gasteiger partial charge in [0.1, 0.15) is 5.82 Å². The van der Waals surface area contributed by atoms with E-state index in [-0.39, 0.29) is 0 Å². The molecular formula is C17H27N3. The molecule has 0 saturated carbocycles. The minimum absolute atomic E-state index is 0.507. The third-order valence-electron chi connectivity index (χ3n) is 4.25. The van der Waals surface area contributed by atoms with Crippen LogP contribution >= 0.6 is 0 Å². The molecular weight excluding hydrogens is 246 g/mol. The van der Waals surface area contributed by atoms with Crippen molar-refractivity contribution >= 4 is 11.0 Å². The molecule has 0 aliphatic carbocycles. The Morgan fingerprint density at radius 1 is 1.20 bits per heavy atom. The normalized spacial score (nSPS) is 14.6. The molecule has 0 amide bonds. The number of fused-ring (bicyclic) bond motifs is 1. The second-order valence-electron chi connectivity index (χ2n) is 5.51. The van der Waals surface area contributed by atoms with Crippen molar-refractivity contribution in [3.05, 3.63) is 30.1 Å². The van der Waals surface area contributed by atoms with Crippen LogP contribution in [0.5, 0.6) is 0 Å². The fourth-order valence-electron chi connectivity index (χ4n) is 2.85. The maximum absolute atomic E-state index is 4.85. The Bertz CT molecular complexity index is 544. The number of hydrogen-bond donors (Lipinski definition) is 1. The van der Waals surface area contributed by atoms with Crippen molar-refractivity contribution in [1.82, 2.24) is 14.9 Å². The largest absolute Gasteiger partial charge is 0.328 e. The molecule has 3 nitrogen and oxygen atoms in total. The fraction of sp³-hybridized carbons (Fsp3) is 0.588. The van der Waals surface area contributed by atoms with Crippen LogP contribution in [-0.2, 0) is 13.0 Å². The van der Waals surface area contributed by atoms with Crippen molar-refractivity contribution in [2.24, 2.45) is 5.92 Å². The van der Waals surface area contributed by atoms with Gasteiger partial charge in [0.2, 0.25) is 0 Å². The van der Waals surface area contributed by atoms with E-state index in [0.29, 0.717) is 12.0 Å². The summed E-state index contributed by atoms with van der Waals surface area (Å²) in [7, 11) is 0. The van der Waals surface area contributed by atoms with Gasteiger partial charge in [-0.1, -0.05) is 39.3 Å². The number of likely N-dealkylation sites (N-methyl/N-ethyl adjacent to an activating group) is 1. The molecule has 0 radical (unpaired) electrons. The van der Waals surface area contributed by atoms with Gasteiger partial charge in [0.15, 0.2) is 0 Å². The van der Waals surface area contributed by atoms with Gasteiger partial charge in [-0.2, -0.15) is 0 Å². The minimum Gasteiger partial charge on any atom is -0.328 e. The first-order valence-electron chi connectivity index (χ1n) is 7.88. The van der Waals surface area contributed by atoms with Gasteiger partial charge in [0, 0.05) is 19.0 Å². The maximum Gasteiger partial charge on any atom is 0.111 e. The van der Waals surface area contributed by atoms with Crippen LogP contribution in [0.1, 0.15) is 39.9 Å². The van der Waals surface area contributed by atoms with E-state index in [0.717, 1.165) is 25.0 Å². The van der Waals surface area contributed by atoms with Crippen molar-refractivity contribution in [3.8, 4) is 0 Å². The van der Waals surface area contributed by atoms with Gasteiger partial charge in [-0.05, 0) is 31.5 Å². The summed E-state index contributed by atoms with van der Waals surface area (Å²) in [5.41, 5.74) is 2.37. The van der Waals surface area contributed by atoms with E-state index in [2.05, 4.69) is 61.8 Å². The van der Waals surface area contributed by atoms with Crippen LogP contribution in [0.4, 0.5) is 0 Å². The zero-order chi connectivity index (χ0) is 14.5. The number of hydrogen-bond acceptors (Lipinski definition) is 2. The summed E-state index contributed by atoms with van der Waals surface area (Å²) in [6, 6.07) is 8.94. The van der Waals surface area contributed by atoms with Crippen LogP contribution in [0.2, 0.25) is 0 Å². The molecule has 2 unspecified atom stereocenters. The van der Waals surface area contributed by atoms with Crippen LogP contribution in [0.15, 0.2) is 24.3 Å². The van der Waals surface area contributed by atoms with Gasteiger partial charge in [0.25, 0.3) is 0 Å². The van der Waals surface area contributed by atoms with E-state index in [4.69, 9.17) is 4.98 Å². The fourth-order valence-corrected chi connectivity index (χ4v) is 2.85. The first-order chi connectivity index (χ1) is 9.71. The van der Waals surface area contributed by atoms with Gasteiger partial charge < -0.3 is 9.88 Å². The Kier molecular flexibility index (Phi) is 5.18. The van der Waals surface area contributed by atoms with Crippen LogP contribution < -0.4 is 5.32 Å². The average Bonchev–Trinajstić information content (AvgIpc) is 2.83. The quantitative estimate of drug-likeness (QED) is 0.835. The lowest BCUT2D eigenvalue weighted by Gasteiger charge is -2.23. The van der Waals surface area contributed by atoms with Gasteiger partial charge in [-0.3, -0.25) is 0 Å². The zero-order valence-electron chi connectivity index (χ0n) is 13.2. The highest BCUT2D eigenvalue weighted by Gasteiger charge is 2.19. The van der Waals surface area contributed by atoms with E-state index in [1.54, 1.807) is 0 Å². The van der Waals surface area contributed by atoms with Crippen LogP contribution in [-0.4, -0.2) is 22.1 Å². The molecule has 2 rings (SSSR count). The molecule has 2 aromatic rings. The van der Waals surface area contributed by atoms with Crippen molar-refractivity contribution in [2.75, 3.05) is 6.54 Å². The molecule has 0 saturated heterocycles. The molecule has 0 aliphatic heterocycles. The standard InChI is InChI=1S/C17H27N3/c1-5-13(4)15(18-6-2)12-17-19-14-10-8-9-11-16(14)20(17)7-3/h8-11,13,15,18H,5-7,12H2,1-4H3. The highest BCUT2D eigenvalue weighted by atomic mass is 15.1. The van der Waals surface area contributed by atoms with Gasteiger partial charge >= 0.3 is 0 Å². The summed E-state index contributed by atoms with van der Waals surface area (Å²) >= 11 is 0. The number of para-hydroxylation sites is 2. The van der Waals surface area contributed by atoms with Crippen molar-refractivity contribution in [2.45, 2.75) is 53.1 Å². The summed E-state index contributed by atoms with van der Waals surface area (Å²) in [6.07, 6.45) is 2.20. The predicted octanol–water partition coefficient (Wildman–Crippen LogP) is 3.62. The summed E-state index contributed by atoms with van der Waals surface area (Å²) in [6.45, 7) is 11.0. The molecule has 1 aromatic heterocycles. The van der Waals surface area contributed by atoms with Gasteiger partial charge in [-0.15, -0.1) is 0 Å². The van der Waals surface area contributed by atoms with Crippen LogP contribution in [0.3, 0.4) is 0 Å². The van der Waals surface area contributed by atoms with Crippen molar-refractivity contribution < 1.29 is 0 Å².